The third-order valence-electron chi connectivity index (χ3n) is 3.82. The molecule has 1 aromatic carbocycles. The Bertz CT molecular complexity index is 783. The summed E-state index contributed by atoms with van der Waals surface area (Å²) >= 11 is 0. The first-order valence-corrected chi connectivity index (χ1v) is 7.15. The lowest BCUT2D eigenvalue weighted by atomic mass is 10.0. The summed E-state index contributed by atoms with van der Waals surface area (Å²) in [5, 5.41) is 11.5. The molecule has 1 saturated carbocycles. The molecule has 0 saturated heterocycles. The van der Waals surface area contributed by atoms with Gasteiger partial charge in [-0.25, -0.2) is 4.98 Å². The first-order valence-electron chi connectivity index (χ1n) is 7.15. The van der Waals surface area contributed by atoms with Crippen LogP contribution in [0.15, 0.2) is 30.3 Å². The van der Waals surface area contributed by atoms with Crippen molar-refractivity contribution in [1.82, 2.24) is 4.98 Å². The van der Waals surface area contributed by atoms with Crippen LogP contribution in [0.5, 0.6) is 5.75 Å². The first-order chi connectivity index (χ1) is 11.0. The number of nitrogens with two attached hydrogens (primary N) is 1. The molecule has 1 amide bonds. The summed E-state index contributed by atoms with van der Waals surface area (Å²) in [7, 11) is 1.54. The molecule has 7 nitrogen and oxygen atoms in total. The lowest BCUT2D eigenvalue weighted by Gasteiger charge is -2.09. The largest absolute Gasteiger partial charge is 0.497 e. The second-order valence-corrected chi connectivity index (χ2v) is 5.42. The third-order valence-corrected chi connectivity index (χ3v) is 3.82. The normalized spacial score (nSPS) is 13.6. The molecule has 7 heteroatoms. The van der Waals surface area contributed by atoms with E-state index in [9.17, 15) is 14.9 Å². The maximum Gasteiger partial charge on any atom is 0.308 e. The van der Waals surface area contributed by atoms with Crippen LogP contribution >= 0.6 is 0 Å². The van der Waals surface area contributed by atoms with E-state index >= 15 is 0 Å². The molecule has 0 bridgehead atoms. The van der Waals surface area contributed by atoms with Gasteiger partial charge in [-0.15, -0.1) is 0 Å². The molecule has 0 spiro atoms. The number of aromatic nitrogens is 1. The molecule has 0 unspecified atom stereocenters. The highest BCUT2D eigenvalue weighted by Gasteiger charge is 2.32. The molecule has 118 valence electrons. The van der Waals surface area contributed by atoms with E-state index in [-0.39, 0.29) is 22.9 Å². The molecule has 1 heterocycles. The number of nitrogens with zero attached hydrogens (tertiary/aromatic N) is 2. The van der Waals surface area contributed by atoms with Crippen molar-refractivity contribution >= 4 is 11.6 Å². The fourth-order valence-corrected chi connectivity index (χ4v) is 2.47. The Balaban J connectivity index is 2.22. The SMILES string of the molecule is COc1ccc(-c2nc(C3CC3)cc(C(N)=O)c2[N+](=O)[O-])cc1. The Kier molecular flexibility index (Phi) is 3.69. The van der Waals surface area contributed by atoms with Gasteiger partial charge in [0.1, 0.15) is 17.0 Å². The molecule has 0 aliphatic heterocycles. The van der Waals surface area contributed by atoms with Crippen LogP contribution in [0.3, 0.4) is 0 Å². The number of methoxy groups -OCH3 is 1. The number of ether oxygens (including phenoxy) is 1. The van der Waals surface area contributed by atoms with Crippen LogP contribution in [-0.4, -0.2) is 22.9 Å². The lowest BCUT2D eigenvalue weighted by Crippen LogP contribution is -2.15. The summed E-state index contributed by atoms with van der Waals surface area (Å²) in [5.74, 6) is 0.0477. The molecule has 1 aliphatic rings. The van der Waals surface area contributed by atoms with E-state index in [0.717, 1.165) is 12.8 Å². The van der Waals surface area contributed by atoms with Crippen molar-refractivity contribution in [3.05, 3.63) is 51.7 Å². The van der Waals surface area contributed by atoms with Crippen LogP contribution in [0, 0.1) is 10.1 Å². The molecule has 23 heavy (non-hydrogen) atoms. The van der Waals surface area contributed by atoms with Crippen LogP contribution in [0.25, 0.3) is 11.3 Å². The quantitative estimate of drug-likeness (QED) is 0.674. The zero-order valence-electron chi connectivity index (χ0n) is 12.5. The Morgan fingerprint density at radius 1 is 1.35 bits per heavy atom. The Morgan fingerprint density at radius 2 is 2.00 bits per heavy atom. The molecule has 1 fully saturated rings. The second-order valence-electron chi connectivity index (χ2n) is 5.42. The topological polar surface area (TPSA) is 108 Å². The molecule has 1 aromatic heterocycles. The van der Waals surface area contributed by atoms with E-state index in [1.54, 1.807) is 24.3 Å². The number of hydrogen-bond donors (Lipinski definition) is 1. The van der Waals surface area contributed by atoms with E-state index in [1.165, 1.54) is 13.2 Å². The number of carbonyl (C=O) groups excluding carboxylic acids is 1. The van der Waals surface area contributed by atoms with Gasteiger partial charge in [-0.1, -0.05) is 0 Å². The summed E-state index contributed by atoms with van der Waals surface area (Å²) in [6.07, 6.45) is 1.93. The number of hydrogen-bond acceptors (Lipinski definition) is 5. The summed E-state index contributed by atoms with van der Waals surface area (Å²) in [6.45, 7) is 0. The number of rotatable bonds is 5. The van der Waals surface area contributed by atoms with Crippen LogP contribution in [0.2, 0.25) is 0 Å². The number of pyridine rings is 1. The highest BCUT2D eigenvalue weighted by Crippen LogP contribution is 2.42. The molecule has 2 N–H and O–H groups in total. The van der Waals surface area contributed by atoms with Gasteiger partial charge in [0.05, 0.1) is 12.0 Å². The Morgan fingerprint density at radius 3 is 2.48 bits per heavy atom. The highest BCUT2D eigenvalue weighted by atomic mass is 16.6. The number of nitro groups is 1. The van der Waals surface area contributed by atoms with Gasteiger partial charge in [0.2, 0.25) is 0 Å². The lowest BCUT2D eigenvalue weighted by molar-refractivity contribution is -0.384. The number of amides is 1. The van der Waals surface area contributed by atoms with Gasteiger partial charge < -0.3 is 10.5 Å². The molecular weight excluding hydrogens is 298 g/mol. The van der Waals surface area contributed by atoms with Gasteiger partial charge in [-0.3, -0.25) is 14.9 Å². The smallest absolute Gasteiger partial charge is 0.308 e. The molecule has 0 radical (unpaired) electrons. The number of benzene rings is 1. The fraction of sp³-hybridized carbons (Fsp3) is 0.250. The van der Waals surface area contributed by atoms with Crippen LogP contribution in [0.4, 0.5) is 5.69 Å². The van der Waals surface area contributed by atoms with Crippen molar-refractivity contribution in [3.63, 3.8) is 0 Å². The molecule has 2 aromatic rings. The van der Waals surface area contributed by atoms with Gasteiger partial charge in [-0.2, -0.15) is 0 Å². The van der Waals surface area contributed by atoms with Gasteiger partial charge in [-0.05, 0) is 43.2 Å². The second kappa shape index (κ2) is 5.68. The first kappa shape index (κ1) is 15.0. The molecule has 0 atom stereocenters. The average molecular weight is 313 g/mol. The fourth-order valence-electron chi connectivity index (χ4n) is 2.47. The zero-order chi connectivity index (χ0) is 16.6. The molecule has 1 aliphatic carbocycles. The van der Waals surface area contributed by atoms with Crippen molar-refractivity contribution in [2.24, 2.45) is 5.73 Å². The van der Waals surface area contributed by atoms with Crippen molar-refractivity contribution in [2.75, 3.05) is 7.11 Å². The van der Waals surface area contributed by atoms with E-state index < -0.39 is 10.8 Å². The van der Waals surface area contributed by atoms with E-state index in [2.05, 4.69) is 4.98 Å². The predicted octanol–water partition coefficient (Wildman–Crippen LogP) is 2.64. The highest BCUT2D eigenvalue weighted by molar-refractivity contribution is 5.99. The van der Waals surface area contributed by atoms with E-state index in [1.807, 2.05) is 0 Å². The predicted molar refractivity (Wildman–Crippen MR) is 83.4 cm³/mol. The van der Waals surface area contributed by atoms with Crippen LogP contribution in [0.1, 0.15) is 34.8 Å². The third kappa shape index (κ3) is 2.85. The zero-order valence-corrected chi connectivity index (χ0v) is 12.5. The standard InChI is InChI=1S/C16H15N3O4/c1-23-11-6-4-10(5-7-11)14-15(19(21)22)12(16(17)20)8-13(18-14)9-2-3-9/h4-9H,2-3H2,1H3,(H2,17,20). The van der Waals surface area contributed by atoms with Gasteiger partial charge in [0, 0.05) is 17.2 Å². The van der Waals surface area contributed by atoms with Crippen molar-refractivity contribution < 1.29 is 14.5 Å². The van der Waals surface area contributed by atoms with Gasteiger partial charge >= 0.3 is 5.69 Å². The number of primary amides is 1. The molecular formula is C16H15N3O4. The van der Waals surface area contributed by atoms with E-state index in [4.69, 9.17) is 10.5 Å². The Hall–Kier alpha value is -2.96. The summed E-state index contributed by atoms with van der Waals surface area (Å²) in [5.41, 5.74) is 6.27. The number of carbonyl (C=O) groups is 1. The maximum absolute atomic E-state index is 11.7. The summed E-state index contributed by atoms with van der Waals surface area (Å²) in [4.78, 5) is 27.0. The van der Waals surface area contributed by atoms with Gasteiger partial charge in [0.15, 0.2) is 0 Å². The monoisotopic (exact) mass is 313 g/mol. The van der Waals surface area contributed by atoms with Crippen molar-refractivity contribution in [3.8, 4) is 17.0 Å². The molecule has 3 rings (SSSR count). The minimum Gasteiger partial charge on any atom is -0.497 e. The van der Waals surface area contributed by atoms with Crippen molar-refractivity contribution in [1.29, 1.82) is 0 Å². The maximum atomic E-state index is 11.7. The Labute approximate surface area is 132 Å². The summed E-state index contributed by atoms with van der Waals surface area (Å²) < 4.78 is 5.09. The minimum atomic E-state index is -0.823. The van der Waals surface area contributed by atoms with Crippen LogP contribution in [-0.2, 0) is 0 Å². The minimum absolute atomic E-state index is 0.0993. The average Bonchev–Trinajstić information content (AvgIpc) is 3.38. The summed E-state index contributed by atoms with van der Waals surface area (Å²) in [6, 6.07) is 8.18. The van der Waals surface area contributed by atoms with Crippen LogP contribution < -0.4 is 10.5 Å². The van der Waals surface area contributed by atoms with E-state index in [0.29, 0.717) is 17.0 Å². The van der Waals surface area contributed by atoms with Crippen molar-refractivity contribution in [2.45, 2.75) is 18.8 Å². The van der Waals surface area contributed by atoms with Gasteiger partial charge in [0.25, 0.3) is 5.91 Å².